The number of rotatable bonds is 4. The van der Waals surface area contributed by atoms with E-state index in [1.807, 2.05) is 0 Å². The molecule has 1 aromatic heterocycles. The molecule has 0 saturated heterocycles. The maximum atomic E-state index is 7.09. The van der Waals surface area contributed by atoms with Gasteiger partial charge in [-0.1, -0.05) is 167 Å². The Hall–Kier alpha value is -6.98. The number of anilines is 6. The molecule has 13 rings (SSSR count). The van der Waals surface area contributed by atoms with E-state index in [0.717, 1.165) is 70.9 Å². The van der Waals surface area contributed by atoms with Crippen molar-refractivity contribution in [3.63, 3.8) is 0 Å². The van der Waals surface area contributed by atoms with Crippen LogP contribution in [-0.4, -0.2) is 6.71 Å². The van der Waals surface area contributed by atoms with Crippen molar-refractivity contribution in [1.82, 2.24) is 0 Å². The molecule has 1 atom stereocenters. The van der Waals surface area contributed by atoms with Crippen LogP contribution in [0.3, 0.4) is 0 Å². The minimum absolute atomic E-state index is 0.0139. The summed E-state index contributed by atoms with van der Waals surface area (Å²) in [6.45, 7) is 27.9. The maximum absolute atomic E-state index is 7.09. The SMILES string of the molecule is CC(C)(C)c1ccc(N(c2ccc(C(C)(C)C)cc2)c2cc3c4c(c2)N(c2cccc5c6c(oc25)=CCCC=6)c2cc(C(C)(C)C)ccc2B4c2cc(C(C)(C)C)cc4c5c(cc(c24)C3)OC2=CC=CCC25)cc1. The molecule has 4 nitrogen and oxygen atoms in total. The van der Waals surface area contributed by atoms with E-state index in [1.165, 1.54) is 88.1 Å². The van der Waals surface area contributed by atoms with Crippen molar-refractivity contribution in [2.24, 2.45) is 0 Å². The number of para-hydroxylation sites is 1. The number of ether oxygens (including phenoxy) is 1. The molecular weight excluding hydrogens is 900 g/mol. The van der Waals surface area contributed by atoms with E-state index in [-0.39, 0.29) is 34.3 Å². The van der Waals surface area contributed by atoms with E-state index < -0.39 is 0 Å². The molecular formula is C69H69BN2O2. The van der Waals surface area contributed by atoms with Gasteiger partial charge in [0.05, 0.1) is 5.69 Å². The van der Waals surface area contributed by atoms with Crippen LogP contribution in [0.5, 0.6) is 5.75 Å². The highest BCUT2D eigenvalue weighted by atomic mass is 16.5. The average molecular weight is 969 g/mol. The number of hydrogen-bond acceptors (Lipinski definition) is 4. The van der Waals surface area contributed by atoms with Gasteiger partial charge in [-0.25, -0.2) is 0 Å². The number of benzene rings is 7. The van der Waals surface area contributed by atoms with Crippen molar-refractivity contribution in [3.05, 3.63) is 189 Å². The smallest absolute Gasteiger partial charge is 0.247 e. The largest absolute Gasteiger partial charge is 0.461 e. The van der Waals surface area contributed by atoms with Gasteiger partial charge in [-0.05, 0) is 169 Å². The molecule has 0 N–H and O–H groups in total. The van der Waals surface area contributed by atoms with Crippen molar-refractivity contribution in [2.45, 2.75) is 136 Å². The highest BCUT2D eigenvalue weighted by Gasteiger charge is 2.44. The Morgan fingerprint density at radius 3 is 1.91 bits per heavy atom. The zero-order valence-corrected chi connectivity index (χ0v) is 45.6. The molecule has 2 aliphatic carbocycles. The molecule has 0 bridgehead atoms. The van der Waals surface area contributed by atoms with Crippen LogP contribution in [0.4, 0.5) is 34.1 Å². The number of furan rings is 1. The first-order valence-electron chi connectivity index (χ1n) is 27.2. The van der Waals surface area contributed by atoms with Gasteiger partial charge in [0, 0.05) is 50.5 Å². The Morgan fingerprint density at radius 2 is 1.23 bits per heavy atom. The molecule has 0 fully saturated rings. The fraction of sp³-hybridized carbons (Fsp3) is 0.304. The van der Waals surface area contributed by atoms with E-state index in [2.05, 4.69) is 239 Å². The lowest BCUT2D eigenvalue weighted by molar-refractivity contribution is 0.425. The van der Waals surface area contributed by atoms with E-state index >= 15 is 0 Å². The lowest BCUT2D eigenvalue weighted by atomic mass is 9.34. The molecule has 7 aromatic carbocycles. The maximum Gasteiger partial charge on any atom is 0.247 e. The first-order valence-corrected chi connectivity index (χ1v) is 27.2. The molecule has 5 aliphatic rings. The fourth-order valence-corrected chi connectivity index (χ4v) is 12.8. The first kappa shape index (κ1) is 46.8. The number of fused-ring (bicyclic) bond motifs is 10. The summed E-state index contributed by atoms with van der Waals surface area (Å²) >= 11 is 0. The van der Waals surface area contributed by atoms with Gasteiger partial charge in [0.15, 0.2) is 5.58 Å². The zero-order valence-electron chi connectivity index (χ0n) is 45.6. The Balaban J connectivity index is 1.17. The molecule has 370 valence electrons. The Morgan fingerprint density at radius 1 is 0.568 bits per heavy atom. The quantitative estimate of drug-likeness (QED) is 0.164. The summed E-state index contributed by atoms with van der Waals surface area (Å²) in [5, 5.41) is 5.09. The van der Waals surface area contributed by atoms with Gasteiger partial charge in [0.25, 0.3) is 0 Å². The summed E-state index contributed by atoms with van der Waals surface area (Å²) in [5.41, 5.74) is 21.9. The van der Waals surface area contributed by atoms with Gasteiger partial charge in [-0.2, -0.15) is 0 Å². The van der Waals surface area contributed by atoms with Gasteiger partial charge in [-0.3, -0.25) is 0 Å². The standard InChI is InChI=1S/C69H69BN2O2/c1-66(2,3)43-24-29-47(30-25-43)71(48-31-26-44(27-32-48)67(4,5)6)49-35-42-34-41-36-61-63(52-19-14-16-23-60(52)73-61)53-37-46(69(10,11)12)38-55(62(41)53)70-54-33-28-45(68(7,8)9)39-57(54)72(58(40-49)64(42)70)56-21-17-20-51-50-18-13-15-22-59(50)74-65(51)56/h14,16-18,20-33,35-40,52H,13,15,19,34H2,1-12H3. The molecule has 74 heavy (non-hydrogen) atoms. The predicted molar refractivity (Wildman–Crippen MR) is 314 cm³/mol. The molecule has 0 radical (unpaired) electrons. The molecule has 5 heteroatoms. The van der Waals surface area contributed by atoms with Crippen LogP contribution >= 0.6 is 0 Å². The van der Waals surface area contributed by atoms with Crippen LogP contribution in [0.2, 0.25) is 0 Å². The van der Waals surface area contributed by atoms with Crippen LogP contribution in [-0.2, 0) is 28.1 Å². The van der Waals surface area contributed by atoms with Crippen molar-refractivity contribution >= 4 is 91.1 Å². The summed E-state index contributed by atoms with van der Waals surface area (Å²) in [6, 6.07) is 45.4. The van der Waals surface area contributed by atoms with E-state index in [0.29, 0.717) is 0 Å². The second-order valence-electron chi connectivity index (χ2n) is 26.0. The Labute approximate surface area is 438 Å². The molecule has 4 heterocycles. The van der Waals surface area contributed by atoms with Crippen LogP contribution in [0.15, 0.2) is 144 Å². The molecule has 0 amide bonds. The molecule has 8 aromatic rings. The zero-order chi connectivity index (χ0) is 51.4. The van der Waals surface area contributed by atoms with E-state index in [9.17, 15) is 0 Å². The van der Waals surface area contributed by atoms with Gasteiger partial charge in [0.2, 0.25) is 6.71 Å². The van der Waals surface area contributed by atoms with Crippen molar-refractivity contribution in [3.8, 4) is 5.75 Å². The van der Waals surface area contributed by atoms with Crippen LogP contribution in [0.1, 0.15) is 147 Å². The molecule has 0 spiro atoms. The van der Waals surface area contributed by atoms with Gasteiger partial charge in [0.1, 0.15) is 16.9 Å². The Kier molecular flexibility index (Phi) is 10.3. The monoisotopic (exact) mass is 969 g/mol. The lowest BCUT2D eigenvalue weighted by Gasteiger charge is -2.40. The molecule has 1 unspecified atom stereocenters. The fourth-order valence-electron chi connectivity index (χ4n) is 12.8. The summed E-state index contributed by atoms with van der Waals surface area (Å²) in [4.78, 5) is 5.10. The predicted octanol–water partition coefficient (Wildman–Crippen LogP) is 15.1. The molecule has 0 saturated carbocycles. The summed E-state index contributed by atoms with van der Waals surface area (Å²) in [7, 11) is 0. The lowest BCUT2D eigenvalue weighted by Crippen LogP contribution is -2.58. The number of nitrogens with zero attached hydrogens (tertiary/aromatic N) is 2. The third kappa shape index (κ3) is 7.38. The van der Waals surface area contributed by atoms with Crippen LogP contribution in [0, 0.1) is 0 Å². The van der Waals surface area contributed by atoms with E-state index in [1.54, 1.807) is 0 Å². The highest BCUT2D eigenvalue weighted by Crippen LogP contribution is 2.52. The minimum Gasteiger partial charge on any atom is -0.461 e. The van der Waals surface area contributed by atoms with Crippen molar-refractivity contribution < 1.29 is 9.15 Å². The second kappa shape index (κ2) is 16.3. The summed E-state index contributed by atoms with van der Waals surface area (Å²) < 4.78 is 14.0. The highest BCUT2D eigenvalue weighted by molar-refractivity contribution is 6.99. The van der Waals surface area contributed by atoms with Gasteiger partial charge in [-0.15, -0.1) is 0 Å². The summed E-state index contributed by atoms with van der Waals surface area (Å²) in [5.74, 6) is 2.27. The first-order chi connectivity index (χ1) is 35.2. The normalized spacial score (nSPS) is 16.6. The third-order valence-corrected chi connectivity index (χ3v) is 16.9. The van der Waals surface area contributed by atoms with Crippen LogP contribution in [0.25, 0.3) is 33.9 Å². The average Bonchev–Trinajstić information content (AvgIpc) is 3.92. The summed E-state index contributed by atoms with van der Waals surface area (Å²) in [6.07, 6.45) is 15.0. The third-order valence-electron chi connectivity index (χ3n) is 16.9. The van der Waals surface area contributed by atoms with E-state index in [4.69, 9.17) is 9.15 Å². The van der Waals surface area contributed by atoms with Gasteiger partial charge < -0.3 is 19.0 Å². The second-order valence-corrected chi connectivity index (χ2v) is 26.0. The Bertz CT molecular complexity index is 3800. The van der Waals surface area contributed by atoms with Crippen molar-refractivity contribution in [1.29, 1.82) is 0 Å². The van der Waals surface area contributed by atoms with Gasteiger partial charge >= 0.3 is 0 Å². The molecule has 3 aliphatic heterocycles. The topological polar surface area (TPSA) is 28.9 Å². The van der Waals surface area contributed by atoms with Crippen LogP contribution < -0.4 is 41.6 Å². The number of hydrogen-bond donors (Lipinski definition) is 0. The number of allylic oxidation sites excluding steroid dienone is 4. The van der Waals surface area contributed by atoms with Crippen molar-refractivity contribution in [2.75, 3.05) is 9.80 Å². The minimum atomic E-state index is -0.104.